The Morgan fingerprint density at radius 3 is 2.18 bits per heavy atom. The Morgan fingerprint density at radius 2 is 1.58 bits per heavy atom. The third kappa shape index (κ3) is 8.13. The summed E-state index contributed by atoms with van der Waals surface area (Å²) in [6.07, 6.45) is 1.95. The van der Waals surface area contributed by atoms with Crippen LogP contribution >= 0.6 is 15.9 Å². The Bertz CT molecular complexity index is 1340. The average molecular weight is 605 g/mol. The lowest BCUT2D eigenvalue weighted by molar-refractivity contribution is -0.140. The first-order chi connectivity index (χ1) is 18.1. The molecule has 0 heterocycles. The molecule has 1 N–H and O–H groups in total. The monoisotopic (exact) mass is 603 g/mol. The lowest BCUT2D eigenvalue weighted by Gasteiger charge is -2.33. The van der Waals surface area contributed by atoms with Crippen molar-refractivity contribution in [2.45, 2.75) is 32.4 Å². The number of benzene rings is 3. The fourth-order valence-electron chi connectivity index (χ4n) is 3.96. The van der Waals surface area contributed by atoms with Crippen molar-refractivity contribution in [1.29, 1.82) is 0 Å². The van der Waals surface area contributed by atoms with Crippen LogP contribution in [0.5, 0.6) is 0 Å². The smallest absolute Gasteiger partial charge is 0.244 e. The molecule has 38 heavy (non-hydrogen) atoms. The molecule has 0 fully saturated rings. The Balaban J connectivity index is 2.04. The van der Waals surface area contributed by atoms with Crippen LogP contribution in [-0.2, 0) is 32.6 Å². The van der Waals surface area contributed by atoms with Gasteiger partial charge in [-0.25, -0.2) is 12.8 Å². The molecule has 7 nitrogen and oxygen atoms in total. The van der Waals surface area contributed by atoms with Crippen LogP contribution in [0.2, 0.25) is 0 Å². The van der Waals surface area contributed by atoms with Gasteiger partial charge in [0.15, 0.2) is 0 Å². The highest BCUT2D eigenvalue weighted by Crippen LogP contribution is 2.28. The second kappa shape index (κ2) is 13.5. The maximum atomic E-state index is 13.9. The van der Waals surface area contributed by atoms with E-state index in [2.05, 4.69) is 21.2 Å². The maximum Gasteiger partial charge on any atom is 0.244 e. The number of anilines is 1. The number of nitrogens with one attached hydrogen (secondary N) is 1. The molecule has 202 valence electrons. The van der Waals surface area contributed by atoms with E-state index in [1.54, 1.807) is 36.4 Å². The number of hydrogen-bond donors (Lipinski definition) is 1. The number of para-hydroxylation sites is 1. The number of amides is 2. The van der Waals surface area contributed by atoms with Crippen LogP contribution in [0.4, 0.5) is 10.1 Å². The molecule has 10 heteroatoms. The molecule has 3 aromatic rings. The van der Waals surface area contributed by atoms with Crippen molar-refractivity contribution in [2.24, 2.45) is 0 Å². The molecule has 0 aliphatic heterocycles. The summed E-state index contributed by atoms with van der Waals surface area (Å²) < 4.78 is 40.7. The predicted octanol–water partition coefficient (Wildman–Crippen LogP) is 4.52. The first-order valence-corrected chi connectivity index (χ1v) is 14.8. The van der Waals surface area contributed by atoms with Crippen molar-refractivity contribution in [3.63, 3.8) is 0 Å². The Morgan fingerprint density at radius 1 is 0.947 bits per heavy atom. The molecule has 0 saturated carbocycles. The zero-order valence-corrected chi connectivity index (χ0v) is 23.7. The van der Waals surface area contributed by atoms with Crippen molar-refractivity contribution in [2.75, 3.05) is 23.7 Å². The van der Waals surface area contributed by atoms with E-state index < -0.39 is 34.3 Å². The largest absolute Gasteiger partial charge is 0.354 e. The highest BCUT2D eigenvalue weighted by atomic mass is 79.9. The van der Waals surface area contributed by atoms with Crippen molar-refractivity contribution in [3.05, 3.63) is 100 Å². The van der Waals surface area contributed by atoms with E-state index in [1.165, 1.54) is 17.0 Å². The van der Waals surface area contributed by atoms with Gasteiger partial charge in [0.05, 0.1) is 11.9 Å². The number of carbonyl (C=O) groups is 2. The molecule has 3 rings (SSSR count). The first-order valence-electron chi connectivity index (χ1n) is 12.2. The molecule has 1 atom stereocenters. The van der Waals surface area contributed by atoms with E-state index >= 15 is 0 Å². The van der Waals surface area contributed by atoms with Gasteiger partial charge in [-0.1, -0.05) is 61.5 Å². The topological polar surface area (TPSA) is 86.8 Å². The lowest BCUT2D eigenvalue weighted by atomic mass is 10.0. The minimum Gasteiger partial charge on any atom is -0.354 e. The van der Waals surface area contributed by atoms with Crippen LogP contribution in [0, 0.1) is 5.82 Å². The Kier molecular flexibility index (Phi) is 10.4. The molecule has 0 radical (unpaired) electrons. The molecule has 0 aliphatic rings. The van der Waals surface area contributed by atoms with Gasteiger partial charge in [0.2, 0.25) is 21.8 Å². The van der Waals surface area contributed by atoms with Gasteiger partial charge in [0.1, 0.15) is 18.4 Å². The molecule has 3 aromatic carbocycles. The van der Waals surface area contributed by atoms with Crippen molar-refractivity contribution >= 4 is 43.5 Å². The predicted molar refractivity (Wildman–Crippen MR) is 151 cm³/mol. The number of hydrogen-bond acceptors (Lipinski definition) is 4. The summed E-state index contributed by atoms with van der Waals surface area (Å²) in [5.74, 6) is -1.34. The standard InChI is InChI=1S/C28H31BrFN3O4S/c1-3-17-31-28(35)26(18-21-9-5-4-6-10-21)32(19-22-13-15-23(30)16-14-22)27(34)20-33(38(2,36)37)25-12-8-7-11-24(25)29/h4-16,26H,3,17-20H2,1-2H3,(H,31,35). The van der Waals surface area contributed by atoms with E-state index in [0.29, 0.717) is 28.7 Å². The third-order valence-corrected chi connectivity index (χ3v) is 7.68. The van der Waals surface area contributed by atoms with Crippen LogP contribution in [0.25, 0.3) is 0 Å². The van der Waals surface area contributed by atoms with Crippen molar-refractivity contribution in [3.8, 4) is 0 Å². The minimum absolute atomic E-state index is 0.0102. The molecular formula is C28H31BrFN3O4S. The molecule has 0 saturated heterocycles. The minimum atomic E-state index is -3.86. The highest BCUT2D eigenvalue weighted by molar-refractivity contribution is 9.10. The molecule has 0 spiro atoms. The van der Waals surface area contributed by atoms with E-state index in [9.17, 15) is 22.4 Å². The average Bonchev–Trinajstić information content (AvgIpc) is 2.89. The number of nitrogens with zero attached hydrogens (tertiary/aromatic N) is 2. The first kappa shape index (κ1) is 29.3. The van der Waals surface area contributed by atoms with Gasteiger partial charge in [0.25, 0.3) is 0 Å². The second-order valence-corrected chi connectivity index (χ2v) is 11.6. The summed E-state index contributed by atoms with van der Waals surface area (Å²) in [4.78, 5) is 28.7. The molecule has 0 aliphatic carbocycles. The van der Waals surface area contributed by atoms with Crippen LogP contribution in [0.15, 0.2) is 83.3 Å². The highest BCUT2D eigenvalue weighted by Gasteiger charge is 2.33. The summed E-state index contributed by atoms with van der Waals surface area (Å²) in [7, 11) is -3.86. The summed E-state index contributed by atoms with van der Waals surface area (Å²) in [6, 6.07) is 20.7. The molecule has 2 amide bonds. The normalized spacial score (nSPS) is 12.0. The summed E-state index contributed by atoms with van der Waals surface area (Å²) in [5, 5.41) is 2.88. The van der Waals surface area contributed by atoms with Gasteiger partial charge in [-0.05, 0) is 57.7 Å². The molecule has 0 aromatic heterocycles. The van der Waals surface area contributed by atoms with E-state index in [0.717, 1.165) is 16.1 Å². The summed E-state index contributed by atoms with van der Waals surface area (Å²) >= 11 is 3.37. The zero-order chi connectivity index (χ0) is 27.7. The molecular weight excluding hydrogens is 573 g/mol. The van der Waals surface area contributed by atoms with E-state index in [-0.39, 0.29) is 18.9 Å². The Labute approximate surface area is 231 Å². The fraction of sp³-hybridized carbons (Fsp3) is 0.286. The number of rotatable bonds is 12. The number of halogens is 2. The number of sulfonamides is 1. The van der Waals surface area contributed by atoms with E-state index in [4.69, 9.17) is 0 Å². The SMILES string of the molecule is CCCNC(=O)C(Cc1ccccc1)N(Cc1ccc(F)cc1)C(=O)CN(c1ccccc1Br)S(C)(=O)=O. The van der Waals surface area contributed by atoms with Crippen LogP contribution in [0.1, 0.15) is 24.5 Å². The van der Waals surface area contributed by atoms with Gasteiger partial charge < -0.3 is 10.2 Å². The molecule has 1 unspecified atom stereocenters. The molecule has 0 bridgehead atoms. The van der Waals surface area contributed by atoms with Crippen LogP contribution in [-0.4, -0.2) is 50.5 Å². The maximum absolute atomic E-state index is 13.9. The zero-order valence-electron chi connectivity index (χ0n) is 21.3. The van der Waals surface area contributed by atoms with Gasteiger partial charge in [-0.15, -0.1) is 0 Å². The lowest BCUT2D eigenvalue weighted by Crippen LogP contribution is -2.53. The number of carbonyl (C=O) groups excluding carboxylic acids is 2. The van der Waals surface area contributed by atoms with Gasteiger partial charge in [-0.3, -0.25) is 13.9 Å². The van der Waals surface area contributed by atoms with Gasteiger partial charge in [-0.2, -0.15) is 0 Å². The second-order valence-electron chi connectivity index (χ2n) is 8.87. The van der Waals surface area contributed by atoms with Crippen LogP contribution < -0.4 is 9.62 Å². The fourth-order valence-corrected chi connectivity index (χ4v) is 5.43. The Hall–Kier alpha value is -3.24. The quantitative estimate of drug-likeness (QED) is 0.330. The third-order valence-electron chi connectivity index (χ3n) is 5.89. The van der Waals surface area contributed by atoms with Gasteiger partial charge in [0, 0.05) is 24.0 Å². The summed E-state index contributed by atoms with van der Waals surface area (Å²) in [5.41, 5.74) is 1.75. The summed E-state index contributed by atoms with van der Waals surface area (Å²) in [6.45, 7) is 1.82. The van der Waals surface area contributed by atoms with Gasteiger partial charge >= 0.3 is 0 Å². The van der Waals surface area contributed by atoms with Crippen LogP contribution in [0.3, 0.4) is 0 Å². The van der Waals surface area contributed by atoms with E-state index in [1.807, 2.05) is 37.3 Å². The van der Waals surface area contributed by atoms with Crippen molar-refractivity contribution in [1.82, 2.24) is 10.2 Å². The van der Waals surface area contributed by atoms with Crippen molar-refractivity contribution < 1.29 is 22.4 Å².